The van der Waals surface area contributed by atoms with Gasteiger partial charge in [0.25, 0.3) is 5.91 Å². The number of amides is 2. The summed E-state index contributed by atoms with van der Waals surface area (Å²) in [5, 5.41) is 17.4. The van der Waals surface area contributed by atoms with Gasteiger partial charge in [-0.15, -0.1) is 0 Å². The molecule has 0 saturated carbocycles. The second kappa shape index (κ2) is 9.29. The van der Waals surface area contributed by atoms with Crippen LogP contribution in [0.5, 0.6) is 0 Å². The number of rotatable bonds is 7. The van der Waals surface area contributed by atoms with Crippen LogP contribution in [0.3, 0.4) is 0 Å². The summed E-state index contributed by atoms with van der Waals surface area (Å²) >= 11 is 0. The van der Waals surface area contributed by atoms with Crippen molar-refractivity contribution in [3.05, 3.63) is 70.9 Å². The van der Waals surface area contributed by atoms with E-state index in [1.807, 2.05) is 0 Å². The molecule has 0 radical (unpaired) electrons. The summed E-state index contributed by atoms with van der Waals surface area (Å²) in [6.07, 6.45) is 0.132. The summed E-state index contributed by atoms with van der Waals surface area (Å²) in [4.78, 5) is 32.7. The summed E-state index contributed by atoms with van der Waals surface area (Å²) in [5.41, 5.74) is 1.46. The van der Waals surface area contributed by atoms with Gasteiger partial charge < -0.3 is 21.1 Å². The van der Waals surface area contributed by atoms with Crippen LogP contribution in [0.2, 0.25) is 0 Å². The predicted molar refractivity (Wildman–Crippen MR) is 117 cm³/mol. The van der Waals surface area contributed by atoms with Crippen LogP contribution in [-0.2, 0) is 17.8 Å². The lowest BCUT2D eigenvalue weighted by Crippen LogP contribution is -2.35. The van der Waals surface area contributed by atoms with Gasteiger partial charge in [0.2, 0.25) is 5.91 Å². The molecule has 0 bridgehead atoms. The lowest BCUT2D eigenvalue weighted by Gasteiger charge is -2.13. The number of nitrogens with one attached hydrogen (secondary N) is 3. The summed E-state index contributed by atoms with van der Waals surface area (Å²) in [6, 6.07) is 9.99. The molecule has 1 aliphatic heterocycles. The summed E-state index contributed by atoms with van der Waals surface area (Å²) in [7, 11) is 0. The van der Waals surface area contributed by atoms with E-state index >= 15 is 0 Å². The number of aliphatic hydroxyl groups excluding tert-OH is 1. The van der Waals surface area contributed by atoms with E-state index in [0.717, 1.165) is 17.7 Å². The molecule has 3 aromatic rings. The molecule has 170 valence electrons. The summed E-state index contributed by atoms with van der Waals surface area (Å²) < 4.78 is 28.6. The molecule has 0 unspecified atom stereocenters. The first kappa shape index (κ1) is 22.3. The first-order valence-electron chi connectivity index (χ1n) is 10.3. The molecular formula is C23H21F2N5O3. The Morgan fingerprint density at radius 3 is 2.48 bits per heavy atom. The zero-order chi connectivity index (χ0) is 23.5. The minimum absolute atomic E-state index is 0.120. The van der Waals surface area contributed by atoms with Crippen molar-refractivity contribution in [3.63, 3.8) is 0 Å². The van der Waals surface area contributed by atoms with Gasteiger partial charge in [0, 0.05) is 11.7 Å². The van der Waals surface area contributed by atoms with Crippen LogP contribution in [0.15, 0.2) is 42.5 Å². The van der Waals surface area contributed by atoms with Crippen molar-refractivity contribution in [2.75, 3.05) is 11.9 Å². The average molecular weight is 453 g/mol. The minimum atomic E-state index is -0.809. The highest BCUT2D eigenvalue weighted by Crippen LogP contribution is 2.30. The molecule has 0 spiro atoms. The van der Waals surface area contributed by atoms with Crippen molar-refractivity contribution in [2.45, 2.75) is 25.9 Å². The largest absolute Gasteiger partial charge is 0.394 e. The number of hydrogen-bond acceptors (Lipinski definition) is 6. The fourth-order valence-corrected chi connectivity index (χ4v) is 3.44. The van der Waals surface area contributed by atoms with Crippen molar-refractivity contribution in [1.29, 1.82) is 0 Å². The fraction of sp³-hybridized carbons (Fsp3) is 0.217. The van der Waals surface area contributed by atoms with Crippen molar-refractivity contribution >= 4 is 23.3 Å². The van der Waals surface area contributed by atoms with E-state index in [4.69, 9.17) is 5.11 Å². The van der Waals surface area contributed by atoms with Crippen molar-refractivity contribution in [3.8, 4) is 11.4 Å². The van der Waals surface area contributed by atoms with Gasteiger partial charge in [-0.3, -0.25) is 9.59 Å². The van der Waals surface area contributed by atoms with Crippen LogP contribution in [0.4, 0.5) is 20.3 Å². The molecule has 1 aliphatic rings. The maximum Gasteiger partial charge on any atom is 0.257 e. The number of halogens is 2. The molecule has 10 heteroatoms. The number of benzene rings is 2. The van der Waals surface area contributed by atoms with E-state index in [1.165, 1.54) is 6.07 Å². The van der Waals surface area contributed by atoms with E-state index < -0.39 is 11.6 Å². The van der Waals surface area contributed by atoms with Gasteiger partial charge in [0.1, 0.15) is 23.0 Å². The molecule has 33 heavy (non-hydrogen) atoms. The SMILES string of the molecule is C[C@@H](CO)NC(=O)Cc1ccc(Nc2nc(-c3c(F)cccc3F)nc3c2C(=O)NC3)cc1. The minimum Gasteiger partial charge on any atom is -0.394 e. The number of anilines is 2. The average Bonchev–Trinajstić information content (AvgIpc) is 3.16. The van der Waals surface area contributed by atoms with Crippen LogP contribution in [0, 0.1) is 11.6 Å². The Morgan fingerprint density at radius 2 is 1.82 bits per heavy atom. The second-order valence-electron chi connectivity index (χ2n) is 7.65. The van der Waals surface area contributed by atoms with Gasteiger partial charge in [-0.1, -0.05) is 18.2 Å². The molecule has 8 nitrogen and oxygen atoms in total. The number of aliphatic hydroxyl groups is 1. The van der Waals surface area contributed by atoms with Crippen LogP contribution < -0.4 is 16.0 Å². The van der Waals surface area contributed by atoms with Crippen LogP contribution in [0.25, 0.3) is 11.4 Å². The Balaban J connectivity index is 1.61. The number of carbonyl (C=O) groups excluding carboxylic acids is 2. The molecule has 0 aliphatic carbocycles. The number of carbonyl (C=O) groups is 2. The number of nitrogens with zero attached hydrogens (tertiary/aromatic N) is 2. The van der Waals surface area contributed by atoms with Gasteiger partial charge in [-0.25, -0.2) is 18.7 Å². The Kier molecular flexibility index (Phi) is 6.27. The van der Waals surface area contributed by atoms with E-state index in [0.29, 0.717) is 11.4 Å². The highest BCUT2D eigenvalue weighted by Gasteiger charge is 2.28. The summed E-state index contributed by atoms with van der Waals surface area (Å²) in [5.74, 6) is -2.28. The molecule has 1 aromatic heterocycles. The van der Waals surface area contributed by atoms with Crippen molar-refractivity contribution < 1.29 is 23.5 Å². The van der Waals surface area contributed by atoms with Crippen LogP contribution in [-0.4, -0.2) is 39.5 Å². The van der Waals surface area contributed by atoms with Crippen molar-refractivity contribution in [2.24, 2.45) is 0 Å². The molecule has 4 rings (SSSR count). The third-order valence-electron chi connectivity index (χ3n) is 5.08. The van der Waals surface area contributed by atoms with Gasteiger partial charge in [0.05, 0.1) is 30.8 Å². The highest BCUT2D eigenvalue weighted by atomic mass is 19.1. The quantitative estimate of drug-likeness (QED) is 0.437. The number of hydrogen-bond donors (Lipinski definition) is 4. The van der Waals surface area contributed by atoms with Gasteiger partial charge in [-0.2, -0.15) is 0 Å². The highest BCUT2D eigenvalue weighted by molar-refractivity contribution is 6.03. The van der Waals surface area contributed by atoms with Gasteiger partial charge >= 0.3 is 0 Å². The van der Waals surface area contributed by atoms with Gasteiger partial charge in [0.15, 0.2) is 5.82 Å². The van der Waals surface area contributed by atoms with Crippen molar-refractivity contribution in [1.82, 2.24) is 20.6 Å². The molecular weight excluding hydrogens is 432 g/mol. The maximum atomic E-state index is 14.3. The Hall–Kier alpha value is -3.92. The first-order chi connectivity index (χ1) is 15.9. The molecule has 0 saturated heterocycles. The smallest absolute Gasteiger partial charge is 0.257 e. The second-order valence-corrected chi connectivity index (χ2v) is 7.65. The molecule has 4 N–H and O–H groups in total. The molecule has 2 heterocycles. The van der Waals surface area contributed by atoms with Crippen LogP contribution in [0.1, 0.15) is 28.5 Å². The van der Waals surface area contributed by atoms with E-state index in [9.17, 15) is 18.4 Å². The predicted octanol–water partition coefficient (Wildman–Crippen LogP) is 2.45. The Morgan fingerprint density at radius 1 is 1.12 bits per heavy atom. The third-order valence-corrected chi connectivity index (χ3v) is 5.08. The monoisotopic (exact) mass is 453 g/mol. The summed E-state index contributed by atoms with van der Waals surface area (Å²) in [6.45, 7) is 1.67. The lowest BCUT2D eigenvalue weighted by atomic mass is 10.1. The topological polar surface area (TPSA) is 116 Å². The fourth-order valence-electron chi connectivity index (χ4n) is 3.44. The van der Waals surface area contributed by atoms with Crippen LogP contribution >= 0.6 is 0 Å². The molecule has 1 atom stereocenters. The number of fused-ring (bicyclic) bond motifs is 1. The standard InChI is InChI=1S/C23H21F2N5O3/c1-12(11-31)27-18(32)9-13-5-7-14(8-6-13)28-22-20-17(10-26-23(20)33)29-21(30-22)19-15(24)3-2-4-16(19)25/h2-8,12,31H,9-11H2,1H3,(H,26,33)(H,27,32)(H,28,29,30)/t12-/m0/s1. The molecule has 2 amide bonds. The normalized spacial score (nSPS) is 13.3. The maximum absolute atomic E-state index is 14.3. The Bertz CT molecular complexity index is 1200. The molecule has 2 aromatic carbocycles. The van der Waals surface area contributed by atoms with E-state index in [-0.39, 0.29) is 60.2 Å². The van der Waals surface area contributed by atoms with Gasteiger partial charge in [-0.05, 0) is 36.8 Å². The third kappa shape index (κ3) is 4.80. The molecule has 0 fully saturated rings. The lowest BCUT2D eigenvalue weighted by molar-refractivity contribution is -0.121. The Labute approximate surface area is 188 Å². The van der Waals surface area contributed by atoms with E-state index in [2.05, 4.69) is 25.9 Å². The first-order valence-corrected chi connectivity index (χ1v) is 10.3. The van der Waals surface area contributed by atoms with E-state index in [1.54, 1.807) is 31.2 Å². The zero-order valence-corrected chi connectivity index (χ0v) is 17.7. The zero-order valence-electron chi connectivity index (χ0n) is 17.7. The number of aromatic nitrogens is 2.